The summed E-state index contributed by atoms with van der Waals surface area (Å²) in [7, 11) is 3.75. The van der Waals surface area contributed by atoms with Crippen LogP contribution in [0.1, 0.15) is 38.5 Å². The van der Waals surface area contributed by atoms with Gasteiger partial charge in [0.25, 0.3) is 0 Å². The molecule has 0 bridgehead atoms. The number of hydrogen-bond donors (Lipinski definition) is 1. The molecule has 0 radical (unpaired) electrons. The largest absolute Gasteiger partial charge is 0.497 e. The van der Waals surface area contributed by atoms with Gasteiger partial charge in [0.05, 0.1) is 19.3 Å². The molecule has 4 rings (SSSR count). The fraction of sp³-hybridized carbons (Fsp3) is 0.519. The zero-order valence-electron chi connectivity index (χ0n) is 19.4. The van der Waals surface area contributed by atoms with E-state index in [0.29, 0.717) is 11.8 Å². The molecule has 3 fully saturated rings. The Balaban J connectivity index is 1.40. The minimum absolute atomic E-state index is 0.0875. The molecule has 1 aromatic carbocycles. The highest BCUT2D eigenvalue weighted by Gasteiger charge is 2.43. The van der Waals surface area contributed by atoms with Gasteiger partial charge in [-0.2, -0.15) is 0 Å². The molecule has 1 aromatic rings. The number of hydrogen-bond acceptors (Lipinski definition) is 4. The van der Waals surface area contributed by atoms with Gasteiger partial charge < -0.3 is 19.7 Å². The van der Waals surface area contributed by atoms with Gasteiger partial charge >= 0.3 is 0 Å². The third-order valence-electron chi connectivity index (χ3n) is 7.73. The van der Waals surface area contributed by atoms with Crippen molar-refractivity contribution in [2.75, 3.05) is 19.1 Å². The Morgan fingerprint density at radius 3 is 2.47 bits per heavy atom. The van der Waals surface area contributed by atoms with Gasteiger partial charge in [0.15, 0.2) is 0 Å². The first-order valence-corrected chi connectivity index (χ1v) is 11.8. The van der Waals surface area contributed by atoms with Crippen LogP contribution in [0.15, 0.2) is 61.5 Å². The molecular weight excluding hydrogens is 400 g/mol. The van der Waals surface area contributed by atoms with Gasteiger partial charge in [-0.3, -0.25) is 4.79 Å². The molecule has 6 unspecified atom stereocenters. The monoisotopic (exact) mass is 436 g/mol. The second-order valence-electron chi connectivity index (χ2n) is 9.49. The van der Waals surface area contributed by atoms with E-state index in [1.807, 2.05) is 12.1 Å². The number of fused-ring (bicyclic) bond motifs is 1. The number of nitrogens with one attached hydrogen (secondary N) is 1. The van der Waals surface area contributed by atoms with Crippen LogP contribution in [0.2, 0.25) is 0 Å². The lowest BCUT2D eigenvalue weighted by Crippen LogP contribution is -2.38. The summed E-state index contributed by atoms with van der Waals surface area (Å²) in [4.78, 5) is 14.3. The maximum atomic E-state index is 12.1. The van der Waals surface area contributed by atoms with Gasteiger partial charge in [-0.25, -0.2) is 0 Å². The van der Waals surface area contributed by atoms with E-state index in [9.17, 15) is 4.79 Å². The zero-order valence-corrected chi connectivity index (χ0v) is 19.4. The summed E-state index contributed by atoms with van der Waals surface area (Å²) in [5.41, 5.74) is 3.06. The standard InChI is InChI=1S/C27H36N2O3/c1-6-19-7-10-22(32-23-13-14-24-25(15-23)17(2)28-27(24)30)16-26(19)18(3)29(4)20-8-11-21(31-5)12-9-20/h6,8-9,11-12,19,22-26H,1-3,7,10,13-16H2,4-5H3,(H,28,30). The summed E-state index contributed by atoms with van der Waals surface area (Å²) < 4.78 is 11.9. The van der Waals surface area contributed by atoms with Gasteiger partial charge in [0.2, 0.25) is 5.91 Å². The minimum Gasteiger partial charge on any atom is -0.497 e. The number of carbonyl (C=O) groups excluding carboxylic acids is 1. The van der Waals surface area contributed by atoms with Crippen molar-refractivity contribution in [1.29, 1.82) is 0 Å². The van der Waals surface area contributed by atoms with Crippen LogP contribution >= 0.6 is 0 Å². The molecule has 2 aliphatic carbocycles. The predicted octanol–water partition coefficient (Wildman–Crippen LogP) is 5.06. The van der Waals surface area contributed by atoms with Crippen LogP contribution in [0.25, 0.3) is 0 Å². The zero-order chi connectivity index (χ0) is 22.8. The average molecular weight is 437 g/mol. The summed E-state index contributed by atoms with van der Waals surface area (Å²) in [5.74, 6) is 1.99. The highest BCUT2D eigenvalue weighted by atomic mass is 16.5. The van der Waals surface area contributed by atoms with E-state index < -0.39 is 0 Å². The second kappa shape index (κ2) is 9.53. The highest BCUT2D eigenvalue weighted by molar-refractivity contribution is 5.84. The Labute approximate surface area is 192 Å². The number of rotatable bonds is 7. The first kappa shape index (κ1) is 22.7. The predicted molar refractivity (Wildman–Crippen MR) is 128 cm³/mol. The molecule has 3 aliphatic rings. The maximum Gasteiger partial charge on any atom is 0.227 e. The first-order chi connectivity index (χ1) is 15.4. The summed E-state index contributed by atoms with van der Waals surface area (Å²) in [6.07, 6.45) is 8.24. The Morgan fingerprint density at radius 1 is 1.09 bits per heavy atom. The van der Waals surface area contributed by atoms with Crippen LogP contribution in [0, 0.1) is 23.7 Å². The third-order valence-corrected chi connectivity index (χ3v) is 7.73. The quantitative estimate of drug-likeness (QED) is 0.607. The molecule has 0 aromatic heterocycles. The summed E-state index contributed by atoms with van der Waals surface area (Å²) in [6, 6.07) is 8.07. The Hall–Kier alpha value is -2.53. The molecule has 6 atom stereocenters. The van der Waals surface area contributed by atoms with Crippen molar-refractivity contribution in [1.82, 2.24) is 5.32 Å². The normalized spacial score (nSPS) is 32.1. The van der Waals surface area contributed by atoms with Gasteiger partial charge in [-0.1, -0.05) is 19.2 Å². The minimum atomic E-state index is 0.0875. The van der Waals surface area contributed by atoms with Crippen LogP contribution in [0.3, 0.4) is 0 Å². The second-order valence-corrected chi connectivity index (χ2v) is 9.49. The van der Waals surface area contributed by atoms with Crippen molar-refractivity contribution in [3.05, 3.63) is 61.5 Å². The van der Waals surface area contributed by atoms with E-state index in [0.717, 1.165) is 61.4 Å². The third kappa shape index (κ3) is 4.49. The summed E-state index contributed by atoms with van der Waals surface area (Å²) >= 11 is 0. The molecule has 2 saturated carbocycles. The molecule has 1 heterocycles. The number of ether oxygens (including phenoxy) is 2. The number of anilines is 1. The Bertz CT molecular complexity index is 877. The van der Waals surface area contributed by atoms with Crippen molar-refractivity contribution >= 4 is 11.6 Å². The van der Waals surface area contributed by atoms with Crippen molar-refractivity contribution in [3.63, 3.8) is 0 Å². The molecule has 1 aliphatic heterocycles. The van der Waals surface area contributed by atoms with Gasteiger partial charge in [0, 0.05) is 41.9 Å². The fourth-order valence-corrected chi connectivity index (χ4v) is 5.73. The molecule has 0 spiro atoms. The number of carbonyl (C=O) groups is 1. The van der Waals surface area contributed by atoms with Gasteiger partial charge in [0.1, 0.15) is 5.75 Å². The summed E-state index contributed by atoms with van der Waals surface area (Å²) in [5, 5.41) is 2.93. The lowest BCUT2D eigenvalue weighted by Gasteiger charge is -2.41. The van der Waals surface area contributed by atoms with Crippen LogP contribution in [0.5, 0.6) is 5.75 Å². The van der Waals surface area contributed by atoms with E-state index in [1.54, 1.807) is 7.11 Å². The number of amides is 1. The molecular formula is C27H36N2O3. The average Bonchev–Trinajstić information content (AvgIpc) is 3.10. The van der Waals surface area contributed by atoms with Crippen molar-refractivity contribution in [2.24, 2.45) is 23.7 Å². The Morgan fingerprint density at radius 2 is 1.78 bits per heavy atom. The van der Waals surface area contributed by atoms with Crippen molar-refractivity contribution in [3.8, 4) is 5.75 Å². The van der Waals surface area contributed by atoms with E-state index >= 15 is 0 Å². The molecule has 172 valence electrons. The lowest BCUT2D eigenvalue weighted by molar-refractivity contribution is -0.125. The van der Waals surface area contributed by atoms with E-state index in [4.69, 9.17) is 9.47 Å². The van der Waals surface area contributed by atoms with Crippen LogP contribution in [-0.4, -0.2) is 32.3 Å². The molecule has 1 N–H and O–H groups in total. The van der Waals surface area contributed by atoms with Crippen LogP contribution < -0.4 is 15.0 Å². The summed E-state index contributed by atoms with van der Waals surface area (Å²) in [6.45, 7) is 12.6. The first-order valence-electron chi connectivity index (χ1n) is 11.8. The number of benzene rings is 1. The highest BCUT2D eigenvalue weighted by Crippen LogP contribution is 2.43. The van der Waals surface area contributed by atoms with Crippen molar-refractivity contribution < 1.29 is 14.3 Å². The van der Waals surface area contributed by atoms with E-state index in [-0.39, 0.29) is 30.0 Å². The maximum absolute atomic E-state index is 12.1. The topological polar surface area (TPSA) is 50.8 Å². The van der Waals surface area contributed by atoms with Gasteiger partial charge in [-0.15, -0.1) is 6.58 Å². The molecule has 32 heavy (non-hydrogen) atoms. The van der Waals surface area contributed by atoms with Gasteiger partial charge in [-0.05, 0) is 68.7 Å². The smallest absolute Gasteiger partial charge is 0.227 e. The fourth-order valence-electron chi connectivity index (χ4n) is 5.73. The molecule has 5 nitrogen and oxygen atoms in total. The Kier molecular flexibility index (Phi) is 6.75. The molecule has 1 amide bonds. The van der Waals surface area contributed by atoms with Crippen LogP contribution in [-0.2, 0) is 9.53 Å². The van der Waals surface area contributed by atoms with Crippen LogP contribution in [0.4, 0.5) is 5.69 Å². The number of nitrogens with zero attached hydrogens (tertiary/aromatic N) is 1. The number of methoxy groups -OCH3 is 1. The van der Waals surface area contributed by atoms with E-state index in [2.05, 4.69) is 55.2 Å². The number of allylic oxidation sites excluding steroid dienone is 3. The SMILES string of the molecule is C=CC1CCC(OC2CCC3C(=O)NC(=C)C3C2)CC1C(=C)N(C)c1ccc(OC)cc1. The van der Waals surface area contributed by atoms with E-state index in [1.165, 1.54) is 0 Å². The molecule has 1 saturated heterocycles. The lowest BCUT2D eigenvalue weighted by atomic mass is 9.75. The molecule has 5 heteroatoms. The van der Waals surface area contributed by atoms with Crippen molar-refractivity contribution in [2.45, 2.75) is 50.7 Å².